The predicted molar refractivity (Wildman–Crippen MR) is 256 cm³/mol. The Morgan fingerprint density at radius 3 is 2.37 bits per heavy atom. The number of likely N-dealkylation sites (tertiary alicyclic amines) is 1. The first-order chi connectivity index (χ1) is 31.4. The van der Waals surface area contributed by atoms with Crippen molar-refractivity contribution in [3.05, 3.63) is 159 Å². The molecule has 0 aliphatic carbocycles. The summed E-state index contributed by atoms with van der Waals surface area (Å²) in [5, 5.41) is 27.9. The van der Waals surface area contributed by atoms with Crippen molar-refractivity contribution in [3.63, 3.8) is 0 Å². The van der Waals surface area contributed by atoms with Gasteiger partial charge in [0.25, 0.3) is 0 Å². The number of aromatic amines is 1. The number of aromatic nitrogens is 1. The van der Waals surface area contributed by atoms with Crippen molar-refractivity contribution in [2.75, 3.05) is 36.9 Å². The first kappa shape index (κ1) is 46.2. The number of rotatable bonds is 17. The van der Waals surface area contributed by atoms with Gasteiger partial charge >= 0.3 is 6.09 Å². The van der Waals surface area contributed by atoms with E-state index in [0.29, 0.717) is 60.9 Å². The van der Waals surface area contributed by atoms with Crippen LogP contribution in [0.3, 0.4) is 0 Å². The van der Waals surface area contributed by atoms with Gasteiger partial charge in [0.2, 0.25) is 17.4 Å². The monoisotopic (exact) mass is 877 g/mol. The van der Waals surface area contributed by atoms with E-state index in [9.17, 15) is 29.4 Å². The number of carbonyl (C=O) groups excluding carboxylic acids is 3. The van der Waals surface area contributed by atoms with Crippen molar-refractivity contribution in [1.29, 1.82) is 0 Å². The Labute approximate surface area is 380 Å². The molecule has 0 radical (unpaired) electrons. The van der Waals surface area contributed by atoms with E-state index in [-0.39, 0.29) is 41.6 Å². The van der Waals surface area contributed by atoms with E-state index in [0.717, 1.165) is 53.9 Å². The second-order valence-electron chi connectivity index (χ2n) is 17.3. The van der Waals surface area contributed by atoms with E-state index < -0.39 is 12.2 Å². The third-order valence-corrected chi connectivity index (χ3v) is 12.4. The number of anilines is 2. The summed E-state index contributed by atoms with van der Waals surface area (Å²) >= 11 is 0. The van der Waals surface area contributed by atoms with E-state index in [4.69, 9.17) is 4.74 Å². The Morgan fingerprint density at radius 2 is 1.60 bits per heavy atom. The highest BCUT2D eigenvalue weighted by Gasteiger charge is 2.24. The van der Waals surface area contributed by atoms with Crippen LogP contribution < -0.4 is 21.1 Å². The molecule has 0 bridgehead atoms. The Balaban J connectivity index is 0.802. The number of ether oxygens (including phenoxy) is 1. The standard InChI is InChI=1S/C53H59N5O7/c1-35(13-22-47(59)44-20-23-48(60)52-45(44)21-24-49(61)56-52)31-40-32-38(15-14-36(40)2)34-54-50(62)33-37-16-18-41(19-17-37)57(3)51(63)27-30-58-28-25-42(26-29-58)65-53(64)55-46-12-8-7-11-43(46)39-9-5-4-6-10-39/h4-12,14-21,23-24,32,35,42,47,59-60H,13,22,25-31,33-34H2,1-3H3,(H,54,62)(H,55,64)(H,56,61)/t35-,47+/m1/s1. The molecular formula is C53H59N5O7. The quantitative estimate of drug-likeness (QED) is 0.0607. The van der Waals surface area contributed by atoms with Gasteiger partial charge in [-0.2, -0.15) is 0 Å². The first-order valence-corrected chi connectivity index (χ1v) is 22.5. The van der Waals surface area contributed by atoms with E-state index in [2.05, 4.69) is 46.5 Å². The van der Waals surface area contributed by atoms with Crippen LogP contribution in [0.2, 0.25) is 0 Å². The fourth-order valence-corrected chi connectivity index (χ4v) is 8.53. The van der Waals surface area contributed by atoms with Crippen LogP contribution in [0.15, 0.2) is 126 Å². The second kappa shape index (κ2) is 21.7. The number of hydrogen-bond donors (Lipinski definition) is 5. The number of phenolic OH excluding ortho intramolecular Hbond substituents is 1. The highest BCUT2D eigenvalue weighted by molar-refractivity contribution is 5.93. The maximum atomic E-state index is 13.2. The molecule has 1 aliphatic heterocycles. The number of aliphatic hydroxyl groups excluding tert-OH is 1. The lowest BCUT2D eigenvalue weighted by molar-refractivity contribution is -0.120. The van der Waals surface area contributed by atoms with Crippen molar-refractivity contribution in [3.8, 4) is 16.9 Å². The largest absolute Gasteiger partial charge is 0.506 e. The number of aryl methyl sites for hydroxylation is 1. The third kappa shape index (κ3) is 12.5. The molecule has 0 saturated carbocycles. The van der Waals surface area contributed by atoms with E-state index in [1.54, 1.807) is 24.1 Å². The number of nitrogens with one attached hydrogen (secondary N) is 3. The van der Waals surface area contributed by atoms with Gasteiger partial charge < -0.3 is 35.1 Å². The molecule has 1 fully saturated rings. The molecule has 338 valence electrons. The first-order valence-electron chi connectivity index (χ1n) is 22.5. The number of carbonyl (C=O) groups is 3. The van der Waals surface area contributed by atoms with Crippen LogP contribution in [0, 0.1) is 12.8 Å². The molecule has 12 heteroatoms. The molecule has 2 atom stereocenters. The Bertz CT molecular complexity index is 2640. The average molecular weight is 878 g/mol. The molecule has 0 spiro atoms. The Hall–Kier alpha value is -6.76. The number of pyridine rings is 1. The number of benzene rings is 5. The Morgan fingerprint density at radius 1 is 0.877 bits per heavy atom. The van der Waals surface area contributed by atoms with E-state index in [1.165, 1.54) is 23.3 Å². The van der Waals surface area contributed by atoms with Gasteiger partial charge in [-0.25, -0.2) is 4.79 Å². The number of phenols is 1. The van der Waals surface area contributed by atoms with Crippen LogP contribution in [-0.4, -0.2) is 70.8 Å². The second-order valence-corrected chi connectivity index (χ2v) is 17.3. The highest BCUT2D eigenvalue weighted by Crippen LogP contribution is 2.32. The summed E-state index contributed by atoms with van der Waals surface area (Å²) in [6.07, 6.45) is 2.65. The summed E-state index contributed by atoms with van der Waals surface area (Å²) in [5.74, 6) is 0.144. The van der Waals surface area contributed by atoms with Crippen molar-refractivity contribution < 1.29 is 29.3 Å². The number of hydrogen-bond acceptors (Lipinski definition) is 8. The van der Waals surface area contributed by atoms with Gasteiger partial charge in [-0.3, -0.25) is 19.7 Å². The minimum atomic E-state index is -0.749. The third-order valence-electron chi connectivity index (χ3n) is 12.4. The average Bonchev–Trinajstić information content (AvgIpc) is 3.31. The summed E-state index contributed by atoms with van der Waals surface area (Å²) in [7, 11) is 1.77. The molecule has 6 aromatic rings. The van der Waals surface area contributed by atoms with Crippen LogP contribution >= 0.6 is 0 Å². The smallest absolute Gasteiger partial charge is 0.411 e. The number of nitrogens with zero attached hydrogens (tertiary/aromatic N) is 2. The molecule has 1 aliphatic rings. The maximum absolute atomic E-state index is 13.2. The van der Waals surface area contributed by atoms with Gasteiger partial charge in [0, 0.05) is 62.4 Å². The molecule has 65 heavy (non-hydrogen) atoms. The molecule has 1 aromatic heterocycles. The number of amides is 3. The number of aliphatic hydroxyl groups is 1. The summed E-state index contributed by atoms with van der Waals surface area (Å²) in [6, 6.07) is 37.6. The zero-order valence-electron chi connectivity index (χ0n) is 37.4. The number of fused-ring (bicyclic) bond motifs is 1. The predicted octanol–water partition coefficient (Wildman–Crippen LogP) is 8.83. The lowest BCUT2D eigenvalue weighted by Crippen LogP contribution is -2.40. The van der Waals surface area contributed by atoms with Gasteiger partial charge in [-0.15, -0.1) is 0 Å². The van der Waals surface area contributed by atoms with Gasteiger partial charge in [0.1, 0.15) is 11.9 Å². The van der Waals surface area contributed by atoms with Crippen molar-refractivity contribution in [2.45, 2.75) is 77.5 Å². The lowest BCUT2D eigenvalue weighted by atomic mass is 9.90. The molecular weight excluding hydrogens is 819 g/mol. The summed E-state index contributed by atoms with van der Waals surface area (Å²) in [5.41, 5.74) is 8.30. The number of para-hydroxylation sites is 1. The zero-order valence-corrected chi connectivity index (χ0v) is 37.4. The summed E-state index contributed by atoms with van der Waals surface area (Å²) in [6.45, 7) is 6.71. The topological polar surface area (TPSA) is 164 Å². The fraction of sp³-hybridized carbons (Fsp3) is 0.321. The highest BCUT2D eigenvalue weighted by atomic mass is 16.6. The van der Waals surface area contributed by atoms with Crippen molar-refractivity contribution >= 4 is 40.2 Å². The van der Waals surface area contributed by atoms with Gasteiger partial charge in [-0.1, -0.05) is 91.9 Å². The van der Waals surface area contributed by atoms with E-state index in [1.807, 2.05) is 84.9 Å². The molecule has 7 rings (SSSR count). The normalized spacial score (nSPS) is 14.1. The van der Waals surface area contributed by atoms with Crippen LogP contribution in [0.4, 0.5) is 16.2 Å². The molecule has 0 unspecified atom stereocenters. The van der Waals surface area contributed by atoms with Crippen molar-refractivity contribution in [2.24, 2.45) is 5.92 Å². The Kier molecular flexibility index (Phi) is 15.5. The molecule has 5 aromatic carbocycles. The lowest BCUT2D eigenvalue weighted by Gasteiger charge is -2.31. The molecule has 2 heterocycles. The minimum Gasteiger partial charge on any atom is -0.506 e. The van der Waals surface area contributed by atoms with Gasteiger partial charge in [0.05, 0.1) is 23.7 Å². The van der Waals surface area contributed by atoms with Crippen molar-refractivity contribution in [1.82, 2.24) is 15.2 Å². The molecule has 1 saturated heterocycles. The SMILES string of the molecule is Cc1ccc(CNC(=O)Cc2ccc(N(C)C(=O)CCN3CCC(OC(=O)Nc4ccccc4-c4ccccc4)CC3)cc2)cc1C[C@H](C)CC[C@H](O)c1ccc(O)c2[nH]c(=O)ccc12. The fourth-order valence-electron chi connectivity index (χ4n) is 8.53. The van der Waals surface area contributed by atoms with Gasteiger partial charge in [-0.05, 0) is 109 Å². The molecule has 3 amide bonds. The summed E-state index contributed by atoms with van der Waals surface area (Å²) < 4.78 is 5.78. The van der Waals surface area contributed by atoms with Crippen LogP contribution in [0.5, 0.6) is 5.75 Å². The van der Waals surface area contributed by atoms with Crippen LogP contribution in [0.1, 0.15) is 72.9 Å². The number of aromatic hydroxyl groups is 1. The summed E-state index contributed by atoms with van der Waals surface area (Å²) in [4.78, 5) is 57.4. The zero-order chi connectivity index (χ0) is 45.9. The minimum absolute atomic E-state index is 0.00263. The van der Waals surface area contributed by atoms with E-state index >= 15 is 0 Å². The molecule has 12 nitrogen and oxygen atoms in total. The van der Waals surface area contributed by atoms with Gasteiger partial charge in [0.15, 0.2) is 0 Å². The maximum Gasteiger partial charge on any atom is 0.411 e. The number of H-pyrrole nitrogens is 1. The van der Waals surface area contributed by atoms with Crippen LogP contribution in [0.25, 0.3) is 22.0 Å². The van der Waals surface area contributed by atoms with Crippen LogP contribution in [-0.2, 0) is 33.7 Å². The molecule has 5 N–H and O–H groups in total. The number of piperidine rings is 1.